The summed E-state index contributed by atoms with van der Waals surface area (Å²) >= 11 is 0. The van der Waals surface area contributed by atoms with Crippen LogP contribution in [0.4, 0.5) is 0 Å². The first-order chi connectivity index (χ1) is 3.50. The van der Waals surface area contributed by atoms with E-state index in [2.05, 4.69) is 0 Å². The van der Waals surface area contributed by atoms with Gasteiger partial charge in [0.25, 0.3) is 0 Å². The minimum atomic E-state index is 0.438. The third-order valence-electron chi connectivity index (χ3n) is 0.761. The van der Waals surface area contributed by atoms with Gasteiger partial charge in [-0.05, 0) is 0 Å². The molecular formula is C5H8O2. The van der Waals surface area contributed by atoms with E-state index in [-0.39, 0.29) is 0 Å². The van der Waals surface area contributed by atoms with E-state index in [4.69, 9.17) is 9.47 Å². The smallest absolute Gasteiger partial charge is 0.147 e. The predicted octanol–water partition coefficient (Wildman–Crippen LogP) is 0.547. The Morgan fingerprint density at radius 1 is 1.00 bits per heavy atom. The Bertz CT molecular complexity index is 60.5. The van der Waals surface area contributed by atoms with Gasteiger partial charge in [0.15, 0.2) is 0 Å². The van der Waals surface area contributed by atoms with Gasteiger partial charge >= 0.3 is 0 Å². The van der Waals surface area contributed by atoms with Crippen molar-refractivity contribution < 1.29 is 9.47 Å². The minimum absolute atomic E-state index is 0.438. The van der Waals surface area contributed by atoms with Crippen LogP contribution < -0.4 is 0 Å². The van der Waals surface area contributed by atoms with Gasteiger partial charge in [-0.1, -0.05) is 12.2 Å². The monoisotopic (exact) mass is 100 g/mol. The second-order valence-corrected chi connectivity index (χ2v) is 1.33. The van der Waals surface area contributed by atoms with Gasteiger partial charge in [0.2, 0.25) is 0 Å². The second-order valence-electron chi connectivity index (χ2n) is 1.33. The molecule has 0 aliphatic carbocycles. The first-order valence-electron chi connectivity index (χ1n) is 2.30. The molecule has 0 bridgehead atoms. The van der Waals surface area contributed by atoms with Gasteiger partial charge in [-0.25, -0.2) is 0 Å². The molecule has 0 atom stereocenters. The van der Waals surface area contributed by atoms with Crippen LogP contribution in [0.25, 0.3) is 0 Å². The van der Waals surface area contributed by atoms with Crippen LogP contribution >= 0.6 is 0 Å². The zero-order valence-electron chi connectivity index (χ0n) is 4.09. The van der Waals surface area contributed by atoms with E-state index in [1.54, 1.807) is 0 Å². The van der Waals surface area contributed by atoms with Crippen LogP contribution in [0.5, 0.6) is 0 Å². The number of ether oxygens (including phenoxy) is 2. The maximum absolute atomic E-state index is 4.89. The Hall–Kier alpha value is -0.340. The number of hydrogen-bond acceptors (Lipinski definition) is 2. The molecular weight excluding hydrogens is 92.1 g/mol. The van der Waals surface area contributed by atoms with Crippen molar-refractivity contribution in [3.63, 3.8) is 0 Å². The van der Waals surface area contributed by atoms with Gasteiger partial charge in [-0.3, -0.25) is 0 Å². The van der Waals surface area contributed by atoms with Crippen molar-refractivity contribution >= 4 is 0 Å². The first-order valence-corrected chi connectivity index (χ1v) is 2.30. The van der Waals surface area contributed by atoms with Crippen LogP contribution in [0.3, 0.4) is 0 Å². The van der Waals surface area contributed by atoms with E-state index in [0.717, 1.165) is 0 Å². The van der Waals surface area contributed by atoms with Crippen molar-refractivity contribution in [1.29, 1.82) is 0 Å². The third kappa shape index (κ3) is 1.71. The molecule has 2 nitrogen and oxygen atoms in total. The summed E-state index contributed by atoms with van der Waals surface area (Å²) in [5.74, 6) is 0. The highest BCUT2D eigenvalue weighted by Gasteiger charge is 1.86. The molecule has 0 saturated heterocycles. The Labute approximate surface area is 42.7 Å². The molecule has 0 aromatic carbocycles. The summed E-state index contributed by atoms with van der Waals surface area (Å²) in [6.07, 6.45) is 3.90. The molecule has 1 rings (SSSR count). The molecule has 1 aliphatic rings. The molecule has 0 aromatic rings. The quantitative estimate of drug-likeness (QED) is 0.414. The van der Waals surface area contributed by atoms with Crippen molar-refractivity contribution in [3.8, 4) is 0 Å². The van der Waals surface area contributed by atoms with E-state index in [0.29, 0.717) is 20.0 Å². The average molecular weight is 100 g/mol. The lowest BCUT2D eigenvalue weighted by Crippen LogP contribution is -1.94. The van der Waals surface area contributed by atoms with Gasteiger partial charge in [-0.2, -0.15) is 0 Å². The molecule has 1 aliphatic heterocycles. The molecule has 0 aromatic heterocycles. The summed E-state index contributed by atoms with van der Waals surface area (Å²) in [6.45, 7) is 1.83. The number of rotatable bonds is 0. The van der Waals surface area contributed by atoms with Crippen LogP contribution in [0.1, 0.15) is 0 Å². The Morgan fingerprint density at radius 3 is 2.14 bits per heavy atom. The summed E-state index contributed by atoms with van der Waals surface area (Å²) < 4.78 is 9.77. The molecule has 40 valence electrons. The Morgan fingerprint density at radius 2 is 1.57 bits per heavy atom. The predicted molar refractivity (Wildman–Crippen MR) is 25.9 cm³/mol. The molecule has 0 amide bonds. The van der Waals surface area contributed by atoms with E-state index in [9.17, 15) is 0 Å². The van der Waals surface area contributed by atoms with Crippen molar-refractivity contribution in [2.24, 2.45) is 0 Å². The van der Waals surface area contributed by atoms with Crippen LogP contribution in [0, 0.1) is 0 Å². The lowest BCUT2D eigenvalue weighted by atomic mass is 10.5. The van der Waals surface area contributed by atoms with E-state index in [1.807, 2.05) is 12.2 Å². The second kappa shape index (κ2) is 2.77. The maximum atomic E-state index is 4.89. The highest BCUT2D eigenvalue weighted by atomic mass is 16.7. The zero-order valence-corrected chi connectivity index (χ0v) is 4.09. The molecule has 0 unspecified atom stereocenters. The SMILES string of the molecule is C1=CCOCOC1. The molecule has 0 fully saturated rings. The van der Waals surface area contributed by atoms with E-state index >= 15 is 0 Å². The summed E-state index contributed by atoms with van der Waals surface area (Å²) in [7, 11) is 0. The first kappa shape index (κ1) is 4.81. The van der Waals surface area contributed by atoms with Crippen LogP contribution in [-0.2, 0) is 9.47 Å². The molecule has 0 N–H and O–H groups in total. The summed E-state index contributed by atoms with van der Waals surface area (Å²) in [5.41, 5.74) is 0. The lowest BCUT2D eigenvalue weighted by molar-refractivity contribution is -0.0265. The van der Waals surface area contributed by atoms with E-state index in [1.165, 1.54) is 0 Å². The van der Waals surface area contributed by atoms with E-state index < -0.39 is 0 Å². The Balaban J connectivity index is 2.20. The van der Waals surface area contributed by atoms with Gasteiger partial charge < -0.3 is 9.47 Å². The highest BCUT2D eigenvalue weighted by molar-refractivity contribution is 4.81. The topological polar surface area (TPSA) is 18.5 Å². The molecule has 0 radical (unpaired) electrons. The van der Waals surface area contributed by atoms with Crippen LogP contribution in [-0.4, -0.2) is 20.0 Å². The summed E-state index contributed by atoms with van der Waals surface area (Å²) in [4.78, 5) is 0. The van der Waals surface area contributed by atoms with Gasteiger partial charge in [-0.15, -0.1) is 0 Å². The molecule has 0 saturated carbocycles. The summed E-state index contributed by atoms with van der Waals surface area (Å²) in [6, 6.07) is 0. The van der Waals surface area contributed by atoms with Crippen LogP contribution in [0.15, 0.2) is 12.2 Å². The highest BCUT2D eigenvalue weighted by Crippen LogP contribution is 1.86. The normalized spacial score (nSPS) is 21.7. The fourth-order valence-corrected chi connectivity index (χ4v) is 0.427. The third-order valence-corrected chi connectivity index (χ3v) is 0.761. The standard InChI is InChI=1S/C5H8O2/c1-2-4-7-5-6-3-1/h1-2H,3-5H2. The molecule has 7 heavy (non-hydrogen) atoms. The minimum Gasteiger partial charge on any atom is -0.351 e. The molecule has 0 spiro atoms. The van der Waals surface area contributed by atoms with Crippen molar-refractivity contribution in [2.75, 3.05) is 20.0 Å². The number of hydrogen-bond donors (Lipinski definition) is 0. The fourth-order valence-electron chi connectivity index (χ4n) is 0.427. The maximum Gasteiger partial charge on any atom is 0.147 e. The largest absolute Gasteiger partial charge is 0.351 e. The fraction of sp³-hybridized carbons (Fsp3) is 0.600. The lowest BCUT2D eigenvalue weighted by Gasteiger charge is -1.93. The van der Waals surface area contributed by atoms with Gasteiger partial charge in [0.1, 0.15) is 6.79 Å². The summed E-state index contributed by atoms with van der Waals surface area (Å²) in [5, 5.41) is 0. The van der Waals surface area contributed by atoms with Crippen LogP contribution in [0.2, 0.25) is 0 Å². The van der Waals surface area contributed by atoms with Crippen molar-refractivity contribution in [2.45, 2.75) is 0 Å². The van der Waals surface area contributed by atoms with Crippen molar-refractivity contribution in [3.05, 3.63) is 12.2 Å². The average Bonchev–Trinajstić information content (AvgIpc) is 1.90. The zero-order chi connectivity index (χ0) is 4.95. The van der Waals surface area contributed by atoms with Crippen molar-refractivity contribution in [1.82, 2.24) is 0 Å². The Kier molecular flexibility index (Phi) is 1.90. The molecule has 2 heteroatoms. The molecule has 1 heterocycles. The van der Waals surface area contributed by atoms with Gasteiger partial charge in [0, 0.05) is 0 Å². The van der Waals surface area contributed by atoms with Gasteiger partial charge in [0.05, 0.1) is 13.2 Å².